The number of pyridine rings is 1. The van der Waals surface area contributed by atoms with Gasteiger partial charge in [-0.2, -0.15) is 0 Å². The molecule has 3 heterocycles. The van der Waals surface area contributed by atoms with Crippen LogP contribution in [0.2, 0.25) is 0 Å². The van der Waals surface area contributed by atoms with Crippen LogP contribution in [-0.4, -0.2) is 37.8 Å². The molecule has 4 rings (SSSR count). The molecular formula is C25H31N5O4. The van der Waals surface area contributed by atoms with E-state index in [0.717, 1.165) is 37.8 Å². The van der Waals surface area contributed by atoms with Crippen molar-refractivity contribution in [3.8, 4) is 17.2 Å². The van der Waals surface area contributed by atoms with E-state index in [1.54, 1.807) is 12.4 Å². The van der Waals surface area contributed by atoms with E-state index in [9.17, 15) is 9.90 Å². The van der Waals surface area contributed by atoms with Crippen molar-refractivity contribution in [3.05, 3.63) is 41.6 Å². The Labute approximate surface area is 199 Å². The van der Waals surface area contributed by atoms with Crippen LogP contribution in [0.5, 0.6) is 5.75 Å². The van der Waals surface area contributed by atoms with Crippen molar-refractivity contribution in [1.82, 2.24) is 20.1 Å². The zero-order chi connectivity index (χ0) is 24.1. The molecule has 0 bridgehead atoms. The summed E-state index contributed by atoms with van der Waals surface area (Å²) >= 11 is 0. The molecule has 3 aromatic heterocycles. The van der Waals surface area contributed by atoms with Gasteiger partial charge >= 0.3 is 5.97 Å². The number of nitrogens with zero attached hydrogens (tertiary/aromatic N) is 4. The largest absolute Gasteiger partial charge is 0.491 e. The molecule has 0 aliphatic heterocycles. The number of aryl methyl sites for hydroxylation is 3. The minimum atomic E-state index is -0.732. The van der Waals surface area contributed by atoms with Gasteiger partial charge < -0.3 is 19.7 Å². The van der Waals surface area contributed by atoms with Gasteiger partial charge in [-0.05, 0) is 45.2 Å². The highest BCUT2D eigenvalue weighted by Crippen LogP contribution is 2.34. The monoisotopic (exact) mass is 465 g/mol. The molecule has 0 aromatic carbocycles. The molecule has 9 heteroatoms. The van der Waals surface area contributed by atoms with E-state index in [4.69, 9.17) is 9.26 Å². The quantitative estimate of drug-likeness (QED) is 0.443. The average Bonchev–Trinajstić information content (AvgIpc) is 3.19. The summed E-state index contributed by atoms with van der Waals surface area (Å²) in [5, 5.41) is 16.9. The van der Waals surface area contributed by atoms with E-state index in [0.29, 0.717) is 53.1 Å². The smallest absolute Gasteiger partial charge is 0.306 e. The van der Waals surface area contributed by atoms with Crippen LogP contribution in [-0.2, 0) is 11.2 Å². The molecule has 180 valence electrons. The lowest BCUT2D eigenvalue weighted by molar-refractivity contribution is -0.145. The first-order valence-electron chi connectivity index (χ1n) is 11.8. The third-order valence-corrected chi connectivity index (χ3v) is 6.26. The predicted octanol–water partition coefficient (Wildman–Crippen LogP) is 5.11. The fraction of sp³-hybridized carbons (Fsp3) is 0.480. The Morgan fingerprint density at radius 2 is 2.00 bits per heavy atom. The topological polar surface area (TPSA) is 123 Å². The molecule has 34 heavy (non-hydrogen) atoms. The Hall–Kier alpha value is -3.49. The number of ether oxygens (including phenoxy) is 1. The number of hydrogen-bond acceptors (Lipinski definition) is 8. The van der Waals surface area contributed by atoms with Crippen molar-refractivity contribution in [3.63, 3.8) is 0 Å². The molecular weight excluding hydrogens is 434 g/mol. The number of carboxylic acid groups (broad SMARTS) is 1. The SMILES string of the molecule is CCCc1cncc(Nc2c(C)noc2-c2ccc(OC[C@H]3CCCC[C@@H]3C(=O)O)c(C)n2)n1. The summed E-state index contributed by atoms with van der Waals surface area (Å²) in [6.45, 7) is 6.20. The summed E-state index contributed by atoms with van der Waals surface area (Å²) in [5.74, 6) is 0.712. The van der Waals surface area contributed by atoms with Crippen LogP contribution in [0.25, 0.3) is 11.5 Å². The molecule has 2 N–H and O–H groups in total. The lowest BCUT2D eigenvalue weighted by Crippen LogP contribution is -2.31. The van der Waals surface area contributed by atoms with Gasteiger partial charge in [-0.25, -0.2) is 9.97 Å². The van der Waals surface area contributed by atoms with E-state index in [1.807, 2.05) is 26.0 Å². The van der Waals surface area contributed by atoms with E-state index in [1.165, 1.54) is 0 Å². The van der Waals surface area contributed by atoms with Gasteiger partial charge in [0.05, 0.1) is 30.1 Å². The predicted molar refractivity (Wildman–Crippen MR) is 127 cm³/mol. The summed E-state index contributed by atoms with van der Waals surface area (Å²) in [6, 6.07) is 3.67. The third-order valence-electron chi connectivity index (χ3n) is 6.26. The summed E-state index contributed by atoms with van der Waals surface area (Å²) in [7, 11) is 0. The fourth-order valence-electron chi connectivity index (χ4n) is 4.42. The highest BCUT2D eigenvalue weighted by Gasteiger charge is 2.31. The summed E-state index contributed by atoms with van der Waals surface area (Å²) in [5.41, 5.74) is 3.61. The van der Waals surface area contributed by atoms with Gasteiger partial charge in [-0.1, -0.05) is 31.3 Å². The maximum Gasteiger partial charge on any atom is 0.306 e. The van der Waals surface area contributed by atoms with Gasteiger partial charge in [0.2, 0.25) is 5.76 Å². The molecule has 9 nitrogen and oxygen atoms in total. The van der Waals surface area contributed by atoms with Crippen LogP contribution in [0.4, 0.5) is 11.5 Å². The maximum absolute atomic E-state index is 11.6. The normalized spacial score (nSPS) is 18.0. The Bertz CT molecular complexity index is 1150. The molecule has 1 fully saturated rings. The summed E-state index contributed by atoms with van der Waals surface area (Å²) in [6.07, 6.45) is 8.87. The van der Waals surface area contributed by atoms with E-state index >= 15 is 0 Å². The number of carbonyl (C=O) groups is 1. The van der Waals surface area contributed by atoms with E-state index in [2.05, 4.69) is 32.3 Å². The third kappa shape index (κ3) is 5.35. The minimum Gasteiger partial charge on any atom is -0.491 e. The zero-order valence-corrected chi connectivity index (χ0v) is 19.9. The Kier molecular flexibility index (Phi) is 7.40. The molecule has 1 aliphatic rings. The zero-order valence-electron chi connectivity index (χ0n) is 19.9. The Morgan fingerprint density at radius 1 is 1.18 bits per heavy atom. The van der Waals surface area contributed by atoms with Crippen molar-refractivity contribution in [1.29, 1.82) is 0 Å². The van der Waals surface area contributed by atoms with Crippen molar-refractivity contribution in [2.24, 2.45) is 11.8 Å². The highest BCUT2D eigenvalue weighted by molar-refractivity contribution is 5.75. The van der Waals surface area contributed by atoms with Crippen LogP contribution < -0.4 is 10.1 Å². The van der Waals surface area contributed by atoms with Crippen LogP contribution in [0, 0.1) is 25.7 Å². The highest BCUT2D eigenvalue weighted by atomic mass is 16.5. The number of carboxylic acids is 1. The molecule has 2 atom stereocenters. The number of aromatic nitrogens is 4. The second-order valence-electron chi connectivity index (χ2n) is 8.82. The number of rotatable bonds is 9. The molecule has 1 saturated carbocycles. The second-order valence-corrected chi connectivity index (χ2v) is 8.82. The lowest BCUT2D eigenvalue weighted by Gasteiger charge is -2.28. The molecule has 3 aromatic rings. The molecule has 0 radical (unpaired) electrons. The van der Waals surface area contributed by atoms with Gasteiger partial charge in [-0.15, -0.1) is 0 Å². The number of hydrogen-bond donors (Lipinski definition) is 2. The van der Waals surface area contributed by atoms with Gasteiger partial charge in [0, 0.05) is 12.1 Å². The first kappa shape index (κ1) is 23.7. The maximum atomic E-state index is 11.6. The fourth-order valence-corrected chi connectivity index (χ4v) is 4.42. The average molecular weight is 466 g/mol. The van der Waals surface area contributed by atoms with Crippen molar-refractivity contribution >= 4 is 17.5 Å². The molecule has 0 spiro atoms. The van der Waals surface area contributed by atoms with Gasteiger partial charge in [0.1, 0.15) is 28.6 Å². The van der Waals surface area contributed by atoms with Crippen LogP contribution in [0.1, 0.15) is 56.1 Å². The number of nitrogens with one attached hydrogen (secondary N) is 1. The number of aliphatic carboxylic acids is 1. The summed E-state index contributed by atoms with van der Waals surface area (Å²) < 4.78 is 11.6. The van der Waals surface area contributed by atoms with Gasteiger partial charge in [0.25, 0.3) is 0 Å². The van der Waals surface area contributed by atoms with Gasteiger partial charge in [-0.3, -0.25) is 9.78 Å². The van der Waals surface area contributed by atoms with E-state index < -0.39 is 5.97 Å². The minimum absolute atomic E-state index is 0.0163. The van der Waals surface area contributed by atoms with Crippen molar-refractivity contribution in [2.75, 3.05) is 11.9 Å². The van der Waals surface area contributed by atoms with Crippen LogP contribution in [0.3, 0.4) is 0 Å². The first-order valence-corrected chi connectivity index (χ1v) is 11.8. The second kappa shape index (κ2) is 10.6. The molecule has 1 aliphatic carbocycles. The number of anilines is 2. The Balaban J connectivity index is 1.50. The molecule has 0 saturated heterocycles. The summed E-state index contributed by atoms with van der Waals surface area (Å²) in [4.78, 5) is 25.1. The first-order chi connectivity index (χ1) is 16.5. The lowest BCUT2D eigenvalue weighted by atomic mass is 9.80. The molecule has 0 amide bonds. The van der Waals surface area contributed by atoms with E-state index in [-0.39, 0.29) is 11.8 Å². The van der Waals surface area contributed by atoms with Crippen LogP contribution in [0.15, 0.2) is 29.0 Å². The molecule has 0 unspecified atom stereocenters. The van der Waals surface area contributed by atoms with Crippen LogP contribution >= 0.6 is 0 Å². The van der Waals surface area contributed by atoms with Gasteiger partial charge in [0.15, 0.2) is 0 Å². The van der Waals surface area contributed by atoms with Crippen molar-refractivity contribution in [2.45, 2.75) is 59.3 Å². The standard InChI is InChI=1S/C25H31N5O4/c1-4-7-18-12-26-13-22(28-18)29-23-16(3)30-34-24(23)20-10-11-21(15(2)27-20)33-14-17-8-5-6-9-19(17)25(31)32/h10-13,17,19H,4-9,14H2,1-3H3,(H,28,29)(H,31,32)/t17-,19+/m1/s1. The van der Waals surface area contributed by atoms with Crippen molar-refractivity contribution < 1.29 is 19.2 Å². The Morgan fingerprint density at radius 3 is 2.76 bits per heavy atom.